The van der Waals surface area contributed by atoms with E-state index in [1.54, 1.807) is 18.2 Å². The number of amides is 1. The summed E-state index contributed by atoms with van der Waals surface area (Å²) in [7, 11) is 0. The molecule has 1 amide bonds. The third-order valence-corrected chi connectivity index (χ3v) is 6.22. The Balaban J connectivity index is 1.51. The second kappa shape index (κ2) is 9.55. The van der Waals surface area contributed by atoms with Crippen molar-refractivity contribution in [1.82, 2.24) is 14.5 Å². The average molecular weight is 480 g/mol. The third kappa shape index (κ3) is 5.45. The number of rotatable bonds is 7. The molecular formula is C23H27F3N4O4. The van der Waals surface area contributed by atoms with Crippen LogP contribution < -0.4 is 10.1 Å². The van der Waals surface area contributed by atoms with Crippen LogP contribution in [0.15, 0.2) is 24.4 Å². The van der Waals surface area contributed by atoms with E-state index in [1.807, 2.05) is 6.20 Å². The lowest BCUT2D eigenvalue weighted by Crippen LogP contribution is -2.43. The zero-order chi connectivity index (χ0) is 24.5. The molecule has 2 N–H and O–H groups in total. The predicted octanol–water partition coefficient (Wildman–Crippen LogP) is 3.42. The minimum atomic E-state index is -4.60. The summed E-state index contributed by atoms with van der Waals surface area (Å²) >= 11 is 0. The largest absolute Gasteiger partial charge is 0.493 e. The van der Waals surface area contributed by atoms with E-state index >= 15 is 0 Å². The standard InChI is InChI=1S/C23H27F3N4O4/c1-14-19-11-18(34-8-5-17-12-29-7-2-6-27-22(29)28-17)4-3-15(19)9-16(10-20(31)32)21(33)30(14)13-23(24,25)26/h3-4,11-12,14,16H,2,5-10,13H2,1H3,(H,27,28)(H,31,32)/t14?,16-/m0/s1. The van der Waals surface area contributed by atoms with Gasteiger partial charge in [-0.05, 0) is 43.0 Å². The molecule has 2 aliphatic heterocycles. The van der Waals surface area contributed by atoms with Crippen molar-refractivity contribution >= 4 is 17.8 Å². The molecule has 8 nitrogen and oxygen atoms in total. The molecule has 11 heteroatoms. The molecule has 1 unspecified atom stereocenters. The third-order valence-electron chi connectivity index (χ3n) is 6.22. The van der Waals surface area contributed by atoms with Crippen LogP contribution in [-0.2, 0) is 29.0 Å². The fourth-order valence-electron chi connectivity index (χ4n) is 4.59. The number of aliphatic carboxylic acids is 1. The van der Waals surface area contributed by atoms with Crippen molar-refractivity contribution in [3.63, 3.8) is 0 Å². The van der Waals surface area contributed by atoms with Crippen LogP contribution in [0.4, 0.5) is 19.1 Å². The molecule has 3 heterocycles. The van der Waals surface area contributed by atoms with E-state index in [-0.39, 0.29) is 6.42 Å². The van der Waals surface area contributed by atoms with Crippen molar-refractivity contribution in [2.45, 2.75) is 51.4 Å². The summed E-state index contributed by atoms with van der Waals surface area (Å²) < 4.78 is 47.6. The van der Waals surface area contributed by atoms with Crippen LogP contribution in [0.25, 0.3) is 0 Å². The lowest BCUT2D eigenvalue weighted by molar-refractivity contribution is -0.168. The van der Waals surface area contributed by atoms with Gasteiger partial charge in [0.15, 0.2) is 0 Å². The average Bonchev–Trinajstić information content (AvgIpc) is 3.15. The van der Waals surface area contributed by atoms with E-state index in [2.05, 4.69) is 14.9 Å². The summed E-state index contributed by atoms with van der Waals surface area (Å²) in [6.07, 6.45) is -1.49. The number of ether oxygens (including phenoxy) is 1. The van der Waals surface area contributed by atoms with Gasteiger partial charge in [-0.15, -0.1) is 0 Å². The SMILES string of the molecule is CC1c2cc(OCCc3cn4c(n3)NCCC4)ccc2C[C@@H](CC(=O)O)C(=O)N1CC(F)(F)F. The summed E-state index contributed by atoms with van der Waals surface area (Å²) in [5, 5.41) is 12.4. The number of carbonyl (C=O) groups excluding carboxylic acids is 1. The molecule has 2 atom stereocenters. The van der Waals surface area contributed by atoms with Gasteiger partial charge in [-0.25, -0.2) is 4.98 Å². The maximum atomic E-state index is 13.2. The van der Waals surface area contributed by atoms with Gasteiger partial charge >= 0.3 is 12.1 Å². The number of carbonyl (C=O) groups is 2. The van der Waals surface area contributed by atoms with Crippen molar-refractivity contribution in [3.8, 4) is 5.75 Å². The number of alkyl halides is 3. The van der Waals surface area contributed by atoms with E-state index in [4.69, 9.17) is 4.74 Å². The predicted molar refractivity (Wildman–Crippen MR) is 117 cm³/mol. The van der Waals surface area contributed by atoms with Crippen LogP contribution in [0.1, 0.15) is 42.6 Å². The number of anilines is 1. The molecule has 0 bridgehead atoms. The van der Waals surface area contributed by atoms with Crippen molar-refractivity contribution in [1.29, 1.82) is 0 Å². The number of nitrogens with one attached hydrogen (secondary N) is 1. The van der Waals surface area contributed by atoms with Crippen molar-refractivity contribution in [2.24, 2.45) is 5.92 Å². The summed E-state index contributed by atoms with van der Waals surface area (Å²) in [6, 6.07) is 4.18. The number of carboxylic acids is 1. The summed E-state index contributed by atoms with van der Waals surface area (Å²) in [6.45, 7) is 2.22. The van der Waals surface area contributed by atoms with Crippen molar-refractivity contribution < 1.29 is 32.6 Å². The van der Waals surface area contributed by atoms with E-state index < -0.39 is 43.0 Å². The Hall–Kier alpha value is -3.24. The second-order valence-corrected chi connectivity index (χ2v) is 8.74. The van der Waals surface area contributed by atoms with Gasteiger partial charge in [-0.1, -0.05) is 6.07 Å². The molecule has 0 fully saturated rings. The summed E-state index contributed by atoms with van der Waals surface area (Å²) in [5.41, 5.74) is 2.06. The summed E-state index contributed by atoms with van der Waals surface area (Å²) in [4.78, 5) is 29.4. The van der Waals surface area contributed by atoms with E-state index in [9.17, 15) is 27.9 Å². The van der Waals surface area contributed by atoms with E-state index in [0.717, 1.165) is 36.1 Å². The van der Waals surface area contributed by atoms with Gasteiger partial charge in [-0.2, -0.15) is 13.2 Å². The molecule has 0 saturated heterocycles. The second-order valence-electron chi connectivity index (χ2n) is 8.74. The lowest BCUT2D eigenvalue weighted by atomic mass is 9.93. The fourth-order valence-corrected chi connectivity index (χ4v) is 4.59. The monoisotopic (exact) mass is 480 g/mol. The van der Waals surface area contributed by atoms with Crippen LogP contribution in [0, 0.1) is 5.92 Å². The van der Waals surface area contributed by atoms with Gasteiger partial charge in [0.1, 0.15) is 12.3 Å². The molecule has 0 spiro atoms. The van der Waals surface area contributed by atoms with Crippen LogP contribution in [0.5, 0.6) is 5.75 Å². The first-order valence-electron chi connectivity index (χ1n) is 11.3. The number of fused-ring (bicyclic) bond motifs is 2. The number of hydrogen-bond donors (Lipinski definition) is 2. The minimum Gasteiger partial charge on any atom is -0.493 e. The Bertz CT molecular complexity index is 1050. The molecule has 4 rings (SSSR count). The summed E-state index contributed by atoms with van der Waals surface area (Å²) in [5.74, 6) is -1.77. The normalized spacial score (nSPS) is 20.2. The number of aryl methyl sites for hydroxylation is 1. The first-order chi connectivity index (χ1) is 16.1. The highest BCUT2D eigenvalue weighted by molar-refractivity contribution is 5.84. The number of carboxylic acid groups (broad SMARTS) is 1. The molecule has 0 aliphatic carbocycles. The Kier molecular flexibility index (Phi) is 6.72. The van der Waals surface area contributed by atoms with Crippen LogP contribution in [0.2, 0.25) is 0 Å². The molecule has 0 radical (unpaired) electrons. The number of hydrogen-bond acceptors (Lipinski definition) is 5. The van der Waals surface area contributed by atoms with Crippen molar-refractivity contribution in [3.05, 3.63) is 41.2 Å². The highest BCUT2D eigenvalue weighted by Crippen LogP contribution is 2.36. The molecule has 1 aromatic heterocycles. The highest BCUT2D eigenvalue weighted by Gasteiger charge is 2.41. The lowest BCUT2D eigenvalue weighted by Gasteiger charge is -2.30. The number of aromatic nitrogens is 2. The van der Waals surface area contributed by atoms with Gasteiger partial charge in [0.25, 0.3) is 0 Å². The van der Waals surface area contributed by atoms with Crippen LogP contribution in [-0.4, -0.2) is 57.3 Å². The number of imidazole rings is 1. The van der Waals surface area contributed by atoms with Gasteiger partial charge < -0.3 is 24.6 Å². The molecular weight excluding hydrogens is 453 g/mol. The first-order valence-corrected chi connectivity index (χ1v) is 11.3. The molecule has 1 aromatic carbocycles. The van der Waals surface area contributed by atoms with Crippen LogP contribution in [0.3, 0.4) is 0 Å². The molecule has 2 aromatic rings. The molecule has 2 aliphatic rings. The number of benzene rings is 1. The Morgan fingerprint density at radius 3 is 2.85 bits per heavy atom. The number of nitrogens with zero attached hydrogens (tertiary/aromatic N) is 3. The maximum absolute atomic E-state index is 13.2. The molecule has 0 saturated carbocycles. The fraction of sp³-hybridized carbons (Fsp3) is 0.522. The van der Waals surface area contributed by atoms with E-state index in [1.165, 1.54) is 6.92 Å². The molecule has 184 valence electrons. The quantitative estimate of drug-likeness (QED) is 0.631. The van der Waals surface area contributed by atoms with Gasteiger partial charge in [-0.3, -0.25) is 9.59 Å². The van der Waals surface area contributed by atoms with Gasteiger partial charge in [0, 0.05) is 25.7 Å². The first kappa shape index (κ1) is 23.9. The topological polar surface area (TPSA) is 96.7 Å². The zero-order valence-corrected chi connectivity index (χ0v) is 18.8. The Labute approximate surface area is 194 Å². The smallest absolute Gasteiger partial charge is 0.406 e. The molecule has 34 heavy (non-hydrogen) atoms. The Morgan fingerprint density at radius 2 is 2.15 bits per heavy atom. The zero-order valence-electron chi connectivity index (χ0n) is 18.8. The maximum Gasteiger partial charge on any atom is 0.406 e. The number of halogens is 3. The van der Waals surface area contributed by atoms with Gasteiger partial charge in [0.05, 0.1) is 30.7 Å². The van der Waals surface area contributed by atoms with Gasteiger partial charge in [0.2, 0.25) is 11.9 Å². The minimum absolute atomic E-state index is 0.0622. The highest BCUT2D eigenvalue weighted by atomic mass is 19.4. The van der Waals surface area contributed by atoms with Crippen LogP contribution >= 0.6 is 0 Å². The Morgan fingerprint density at radius 1 is 1.35 bits per heavy atom. The van der Waals surface area contributed by atoms with Crippen molar-refractivity contribution in [2.75, 3.05) is 25.0 Å². The van der Waals surface area contributed by atoms with E-state index in [0.29, 0.717) is 29.9 Å².